The first-order valence-electron chi connectivity index (χ1n) is 7.76. The lowest BCUT2D eigenvalue weighted by Crippen LogP contribution is -2.16. The van der Waals surface area contributed by atoms with Crippen molar-refractivity contribution in [2.75, 3.05) is 10.6 Å². The third-order valence-corrected chi connectivity index (χ3v) is 3.56. The number of aromatic nitrogens is 2. The number of anilines is 3. The van der Waals surface area contributed by atoms with Crippen LogP contribution < -0.4 is 10.6 Å². The molecule has 0 saturated heterocycles. The molecule has 0 radical (unpaired) electrons. The monoisotopic (exact) mass is 336 g/mol. The topological polar surface area (TPSA) is 66.9 Å². The van der Waals surface area contributed by atoms with E-state index in [0.29, 0.717) is 17.3 Å². The lowest BCUT2D eigenvalue weighted by atomic mass is 10.2. The number of nitrogens with zero attached hydrogens (tertiary/aromatic N) is 2. The largest absolute Gasteiger partial charge is 0.340 e. The molecule has 0 bridgehead atoms. The van der Waals surface area contributed by atoms with E-state index in [4.69, 9.17) is 0 Å². The van der Waals surface area contributed by atoms with Crippen molar-refractivity contribution in [3.8, 4) is 0 Å². The molecule has 6 heteroatoms. The van der Waals surface area contributed by atoms with Crippen molar-refractivity contribution in [1.29, 1.82) is 0 Å². The highest BCUT2D eigenvalue weighted by molar-refractivity contribution is 6.03. The smallest absolute Gasteiger partial charge is 0.274 e. The van der Waals surface area contributed by atoms with Crippen LogP contribution in [-0.4, -0.2) is 15.9 Å². The lowest BCUT2D eigenvalue weighted by molar-refractivity contribution is 0.102. The number of amides is 1. The van der Waals surface area contributed by atoms with Gasteiger partial charge in [0.2, 0.25) is 0 Å². The number of carbonyl (C=O) groups excluding carboxylic acids is 1. The minimum atomic E-state index is -0.353. The van der Waals surface area contributed by atoms with Gasteiger partial charge in [-0.25, -0.2) is 14.4 Å². The van der Waals surface area contributed by atoms with Gasteiger partial charge in [-0.2, -0.15) is 0 Å². The zero-order valence-corrected chi connectivity index (χ0v) is 13.9. The van der Waals surface area contributed by atoms with Gasteiger partial charge < -0.3 is 10.6 Å². The molecule has 1 heterocycles. The van der Waals surface area contributed by atoms with Crippen LogP contribution in [0.15, 0.2) is 54.6 Å². The summed E-state index contributed by atoms with van der Waals surface area (Å²) in [5.74, 6) is 0.180. The number of rotatable bonds is 4. The summed E-state index contributed by atoms with van der Waals surface area (Å²) >= 11 is 0. The van der Waals surface area contributed by atoms with E-state index >= 15 is 0 Å². The molecule has 0 fully saturated rings. The van der Waals surface area contributed by atoms with Crippen LogP contribution in [0.3, 0.4) is 0 Å². The molecule has 1 amide bonds. The van der Waals surface area contributed by atoms with Crippen molar-refractivity contribution >= 4 is 23.1 Å². The molecule has 5 nitrogen and oxygen atoms in total. The molecule has 0 spiro atoms. The Hall–Kier alpha value is -3.28. The maximum atomic E-state index is 13.3. The van der Waals surface area contributed by atoms with Crippen LogP contribution in [-0.2, 0) is 0 Å². The number of hydrogen-bond acceptors (Lipinski definition) is 4. The van der Waals surface area contributed by atoms with E-state index in [1.54, 1.807) is 19.1 Å². The van der Waals surface area contributed by atoms with E-state index in [0.717, 1.165) is 11.3 Å². The number of nitrogens with one attached hydrogen (secondary N) is 2. The molecule has 2 N–H and O–H groups in total. The van der Waals surface area contributed by atoms with Crippen molar-refractivity contribution in [2.24, 2.45) is 0 Å². The maximum Gasteiger partial charge on any atom is 0.274 e. The Morgan fingerprint density at radius 3 is 2.56 bits per heavy atom. The Balaban J connectivity index is 1.83. The highest BCUT2D eigenvalue weighted by Crippen LogP contribution is 2.18. The zero-order valence-electron chi connectivity index (χ0n) is 13.9. The third-order valence-electron chi connectivity index (χ3n) is 3.56. The summed E-state index contributed by atoms with van der Waals surface area (Å²) in [7, 11) is 0. The molecule has 0 aliphatic heterocycles. The van der Waals surface area contributed by atoms with E-state index < -0.39 is 0 Å². The summed E-state index contributed by atoms with van der Waals surface area (Å²) in [6, 6.07) is 15.1. The van der Waals surface area contributed by atoms with Gasteiger partial charge in [-0.05, 0) is 43.7 Å². The van der Waals surface area contributed by atoms with Gasteiger partial charge in [-0.1, -0.05) is 24.3 Å². The van der Waals surface area contributed by atoms with Crippen LogP contribution >= 0.6 is 0 Å². The van der Waals surface area contributed by atoms with E-state index in [9.17, 15) is 9.18 Å². The quantitative estimate of drug-likeness (QED) is 0.748. The highest BCUT2D eigenvalue weighted by atomic mass is 19.1. The van der Waals surface area contributed by atoms with Crippen molar-refractivity contribution in [1.82, 2.24) is 9.97 Å². The number of aryl methyl sites for hydroxylation is 2. The molecule has 0 aliphatic rings. The van der Waals surface area contributed by atoms with E-state index in [1.807, 2.05) is 31.2 Å². The average molecular weight is 336 g/mol. The first-order chi connectivity index (χ1) is 12.0. The van der Waals surface area contributed by atoms with Crippen molar-refractivity contribution in [3.05, 3.63) is 77.5 Å². The number of halogens is 1. The fraction of sp³-hybridized carbons (Fsp3) is 0.105. The molecule has 0 atom stereocenters. The molecule has 0 saturated carbocycles. The van der Waals surface area contributed by atoms with Crippen molar-refractivity contribution in [2.45, 2.75) is 13.8 Å². The summed E-state index contributed by atoms with van der Waals surface area (Å²) in [6.45, 7) is 3.61. The van der Waals surface area contributed by atoms with Crippen LogP contribution in [0, 0.1) is 19.7 Å². The fourth-order valence-corrected chi connectivity index (χ4v) is 2.36. The molecule has 2 aromatic carbocycles. The summed E-state index contributed by atoms with van der Waals surface area (Å²) in [6.07, 6.45) is 0. The van der Waals surface area contributed by atoms with Crippen LogP contribution in [0.5, 0.6) is 0 Å². The molecule has 1 aromatic heterocycles. The molecule has 0 aliphatic carbocycles. The number of benzene rings is 2. The minimum absolute atomic E-state index is 0.231. The Morgan fingerprint density at radius 2 is 1.80 bits per heavy atom. The van der Waals surface area contributed by atoms with Gasteiger partial charge in [0.05, 0.1) is 0 Å². The van der Waals surface area contributed by atoms with Gasteiger partial charge in [0.15, 0.2) is 0 Å². The fourth-order valence-electron chi connectivity index (χ4n) is 2.36. The van der Waals surface area contributed by atoms with E-state index in [-0.39, 0.29) is 17.4 Å². The molecule has 3 rings (SSSR count). The molecular formula is C19H17FN4O. The third kappa shape index (κ3) is 4.17. The Bertz CT molecular complexity index is 927. The Kier molecular flexibility index (Phi) is 4.70. The van der Waals surface area contributed by atoms with Gasteiger partial charge >= 0.3 is 0 Å². The van der Waals surface area contributed by atoms with Crippen LogP contribution in [0.1, 0.15) is 21.9 Å². The molecular weight excluding hydrogens is 319 g/mol. The first-order valence-corrected chi connectivity index (χ1v) is 7.76. The second-order valence-electron chi connectivity index (χ2n) is 5.59. The summed E-state index contributed by atoms with van der Waals surface area (Å²) < 4.78 is 13.3. The molecule has 25 heavy (non-hydrogen) atoms. The second kappa shape index (κ2) is 7.09. The van der Waals surface area contributed by atoms with Gasteiger partial charge in [-0.3, -0.25) is 4.79 Å². The minimum Gasteiger partial charge on any atom is -0.340 e. The first kappa shape index (κ1) is 16.6. The molecule has 0 unspecified atom stereocenters. The predicted molar refractivity (Wildman–Crippen MR) is 95.6 cm³/mol. The van der Waals surface area contributed by atoms with Gasteiger partial charge in [0.25, 0.3) is 5.91 Å². The summed E-state index contributed by atoms with van der Waals surface area (Å²) in [5.41, 5.74) is 2.46. The van der Waals surface area contributed by atoms with Gasteiger partial charge in [0, 0.05) is 17.4 Å². The maximum absolute atomic E-state index is 13.3. The summed E-state index contributed by atoms with van der Waals surface area (Å²) in [4.78, 5) is 20.9. The normalized spacial score (nSPS) is 10.4. The number of carbonyl (C=O) groups is 1. The van der Waals surface area contributed by atoms with Crippen LogP contribution in [0.2, 0.25) is 0 Å². The highest BCUT2D eigenvalue weighted by Gasteiger charge is 2.12. The van der Waals surface area contributed by atoms with Crippen LogP contribution in [0.25, 0.3) is 0 Å². The average Bonchev–Trinajstić information content (AvgIpc) is 2.56. The van der Waals surface area contributed by atoms with Gasteiger partial charge in [0.1, 0.15) is 23.2 Å². The summed E-state index contributed by atoms with van der Waals surface area (Å²) in [5, 5.41) is 5.82. The van der Waals surface area contributed by atoms with Crippen LogP contribution in [0.4, 0.5) is 21.6 Å². The SMILES string of the molecule is Cc1nc(Nc2cccc(F)c2)cc(C(=O)Nc2ccccc2C)n1. The number of para-hydroxylation sites is 1. The standard InChI is InChI=1S/C19H17FN4O/c1-12-6-3-4-9-16(12)24-19(25)17-11-18(22-13(2)21-17)23-15-8-5-7-14(20)10-15/h3-11H,1-2H3,(H,24,25)(H,21,22,23). The zero-order chi connectivity index (χ0) is 17.8. The second-order valence-corrected chi connectivity index (χ2v) is 5.59. The Labute approximate surface area is 145 Å². The van der Waals surface area contributed by atoms with E-state index in [2.05, 4.69) is 20.6 Å². The molecule has 126 valence electrons. The number of hydrogen-bond donors (Lipinski definition) is 2. The Morgan fingerprint density at radius 1 is 1.00 bits per heavy atom. The lowest BCUT2D eigenvalue weighted by Gasteiger charge is -2.10. The van der Waals surface area contributed by atoms with Crippen molar-refractivity contribution in [3.63, 3.8) is 0 Å². The molecule has 3 aromatic rings. The predicted octanol–water partition coefficient (Wildman–Crippen LogP) is 4.23. The van der Waals surface area contributed by atoms with E-state index in [1.165, 1.54) is 18.2 Å². The van der Waals surface area contributed by atoms with Gasteiger partial charge in [-0.15, -0.1) is 0 Å². The van der Waals surface area contributed by atoms with Crippen molar-refractivity contribution < 1.29 is 9.18 Å².